The predicted molar refractivity (Wildman–Crippen MR) is 627 cm³/mol. The van der Waals surface area contributed by atoms with E-state index in [1.165, 1.54) is 108 Å². The number of hydrogen-bond acceptors (Lipinski definition) is 16. The number of nitrogens with zero attached hydrogens (tertiary/aromatic N) is 3. The van der Waals surface area contributed by atoms with Crippen molar-refractivity contribution in [3.8, 4) is 0 Å². The maximum absolute atomic E-state index is 13.2. The first-order valence-electron chi connectivity index (χ1n) is 61.5. The van der Waals surface area contributed by atoms with E-state index in [2.05, 4.69) is 299 Å². The van der Waals surface area contributed by atoms with Gasteiger partial charge in [-0.25, -0.2) is 0 Å². The molecular weight excluding hydrogens is 1850 g/mol. The van der Waals surface area contributed by atoms with Gasteiger partial charge in [0.2, 0.25) is 0 Å². The van der Waals surface area contributed by atoms with Gasteiger partial charge in [-0.3, -0.25) is 41.0 Å². The predicted octanol–water partition coefficient (Wildman–Crippen LogP) is 32.2. The van der Waals surface area contributed by atoms with Crippen LogP contribution in [0.15, 0.2) is 121 Å². The van der Waals surface area contributed by atoms with Gasteiger partial charge < -0.3 is 52.6 Å². The van der Waals surface area contributed by atoms with Crippen LogP contribution in [0.1, 0.15) is 512 Å². The van der Waals surface area contributed by atoms with Crippen molar-refractivity contribution in [2.45, 2.75) is 624 Å². The molecule has 12 rings (SSSR count). The number of hydrogen-bond donors (Lipinski definition) is 5. The molecule has 0 radical (unpaired) electrons. The molecule has 0 spiro atoms. The quantitative estimate of drug-likeness (QED) is 0.0280. The van der Waals surface area contributed by atoms with E-state index in [0.29, 0.717) is 71.6 Å². The van der Waals surface area contributed by atoms with E-state index >= 15 is 0 Å². The monoisotopic (exact) mass is 2080 g/mol. The van der Waals surface area contributed by atoms with Gasteiger partial charge >= 0.3 is 0 Å². The third-order valence-electron chi connectivity index (χ3n) is 35.7. The first-order chi connectivity index (χ1) is 71.1. The van der Waals surface area contributed by atoms with Crippen LogP contribution in [0.25, 0.3) is 0 Å². The van der Waals surface area contributed by atoms with Crippen LogP contribution >= 0.6 is 0 Å². The number of carbonyl (C=O) groups excluding carboxylic acids is 3. The molecule has 8 aliphatic rings. The van der Waals surface area contributed by atoms with Crippen LogP contribution < -0.4 is 26.6 Å². The van der Waals surface area contributed by atoms with Crippen LogP contribution in [0, 0.1) is 41.4 Å². The fourth-order valence-corrected chi connectivity index (χ4v) is 27.6. The van der Waals surface area contributed by atoms with Crippen LogP contribution in [0.5, 0.6) is 0 Å². The van der Waals surface area contributed by atoms with Crippen molar-refractivity contribution in [3.63, 3.8) is 0 Å². The maximum atomic E-state index is 13.2. The number of carbonyl (C=O) groups is 3. The summed E-state index contributed by atoms with van der Waals surface area (Å²) in [6.07, 6.45) is 38.6. The second kappa shape index (κ2) is 65.8. The van der Waals surface area contributed by atoms with Gasteiger partial charge in [0.1, 0.15) is 49.8 Å². The summed E-state index contributed by atoms with van der Waals surface area (Å²) < 4.78 is 50.3. The van der Waals surface area contributed by atoms with Gasteiger partial charge in [-0.15, -0.1) is 0 Å². The highest BCUT2D eigenvalue weighted by atomic mass is 16.6. The Morgan fingerprint density at radius 3 is 0.664 bits per heavy atom. The van der Waals surface area contributed by atoms with Gasteiger partial charge in [-0.1, -0.05) is 402 Å². The van der Waals surface area contributed by atoms with Crippen LogP contribution in [0.4, 0.5) is 0 Å². The molecule has 0 saturated carbocycles. The minimum absolute atomic E-state index is 0.00918. The standard InChI is InChI=1S/2C21H33NO2.C19H29NO2.C15H23NO.3C14H29NO.C12H25NO/c2*1-6-14-21(15-7-2)19(16(4)8-3)22(17(5)24-21)20(23)18-12-10-9-11-13-18;1-6-14(4)17-19(7-2,8-3)22-15(5)20(17)18(21)16-12-10-9-11-13-16;1-4-15(5-2)14(16-12(3)17-15)11-13-9-7-6-8-10-13;3*1-6-9-14(10-7-2)13(11(4)8-3)15-12(5)16-14;1-6-9(4)11-12(7-2,8-3)14-10(5)13-11/h2*9-13,16-17,19H,6-8,14-15H2,1-5H3;9-15,17H,6-8H2,1-5H3;6-10,12,14,16H,4-5,11H2,1-3H3;3*11-13,15H,6-10H2,1-5H3;9-11,13H,6-8H2,1-5H3/t2*16?,17?,19-;14?,15?,17-;12?,14-;3*11?,12?,13-;9?,10?,11-/m00000000/s1. The molecule has 5 N–H and O–H groups in total. The summed E-state index contributed by atoms with van der Waals surface area (Å²) in [5.41, 5.74) is 3.38. The summed E-state index contributed by atoms with van der Waals surface area (Å²) in [4.78, 5) is 45.5. The SMILES string of the molecule is CCC(C)[C@@H]1N(C(=O)c2ccccc2)C(C)OC1(CC)CC.CCC(C)[C@@H]1NC(C)OC1(CC)CC.CCC1(CC)OC(C)N[C@H]1Cc1ccccc1.CCCC1(CCC)OC(C)N(C(=O)c2ccccc2)[C@H]1C(C)CC.CCCC1(CCC)OC(C)N(C(=O)c2ccccc2)[C@H]1C(C)CC.CCCC1(CCC)OC(C)N[C@H]1C(C)CC.CCCC1(CCC)OC(C)N[C@H]1C(C)CC.CCCC1(CCC)OC(C)N[C@H]1C(C)CC. The zero-order valence-corrected chi connectivity index (χ0v) is 103. The lowest BCUT2D eigenvalue weighted by atomic mass is 9.78. The first-order valence-corrected chi connectivity index (χ1v) is 61.5. The van der Waals surface area contributed by atoms with Crippen LogP contribution in [0.3, 0.4) is 0 Å². The zero-order chi connectivity index (χ0) is 111. The Morgan fingerprint density at radius 1 is 0.242 bits per heavy atom. The molecule has 8 heterocycles. The smallest absolute Gasteiger partial charge is 0.256 e. The Labute approximate surface area is 915 Å². The first kappa shape index (κ1) is 134. The molecule has 3 amide bonds. The highest BCUT2D eigenvalue weighted by Crippen LogP contribution is 2.50. The number of rotatable bonds is 45. The minimum atomic E-state index is -0.223. The van der Waals surface area contributed by atoms with Crippen LogP contribution in [-0.2, 0) is 44.3 Å². The molecule has 856 valence electrons. The van der Waals surface area contributed by atoms with Crippen LogP contribution in [-0.4, -0.2) is 175 Å². The lowest BCUT2D eigenvalue weighted by Crippen LogP contribution is -2.51. The molecule has 0 aliphatic carbocycles. The summed E-state index contributed by atoms with van der Waals surface area (Å²) >= 11 is 0. The fourth-order valence-electron chi connectivity index (χ4n) is 27.6. The Hall–Kier alpha value is -5.23. The van der Waals surface area contributed by atoms with E-state index in [0.717, 1.165) is 132 Å². The normalized spacial score (nSPS) is 27.6. The second-order valence-corrected chi connectivity index (χ2v) is 46.3. The minimum Gasteiger partial charge on any atom is -0.356 e. The highest BCUT2D eigenvalue weighted by Gasteiger charge is 2.59. The molecule has 0 aromatic heterocycles. The zero-order valence-electron chi connectivity index (χ0n) is 103. The molecule has 8 aliphatic heterocycles. The largest absolute Gasteiger partial charge is 0.356 e. The summed E-state index contributed by atoms with van der Waals surface area (Å²) in [6.45, 7) is 84.2. The molecule has 0 bridgehead atoms. The van der Waals surface area contributed by atoms with Gasteiger partial charge in [0.05, 0.1) is 62.9 Å². The molecule has 149 heavy (non-hydrogen) atoms. The number of ether oxygens (including phenoxy) is 8. The Morgan fingerprint density at radius 2 is 0.436 bits per heavy atom. The van der Waals surface area contributed by atoms with Crippen molar-refractivity contribution in [1.82, 2.24) is 41.3 Å². The molecule has 23 atom stereocenters. The summed E-state index contributed by atoms with van der Waals surface area (Å²) in [5.74, 6) is 4.32. The highest BCUT2D eigenvalue weighted by molar-refractivity contribution is 5.96. The fraction of sp³-hybridized carbons (Fsp3) is 0.792. The maximum Gasteiger partial charge on any atom is 0.256 e. The molecule has 8 saturated heterocycles. The van der Waals surface area contributed by atoms with E-state index in [1.54, 1.807) is 0 Å². The van der Waals surface area contributed by atoms with E-state index in [1.807, 2.05) is 126 Å². The summed E-state index contributed by atoms with van der Waals surface area (Å²) in [5, 5.41) is 18.1. The number of benzene rings is 4. The molecule has 4 aromatic carbocycles. The number of nitrogens with one attached hydrogen (secondary N) is 5. The molecular formula is C130H230N8O11. The molecule has 8 fully saturated rings. The van der Waals surface area contributed by atoms with Crippen molar-refractivity contribution in [2.24, 2.45) is 41.4 Å². The Balaban J connectivity index is 0.000000301. The lowest BCUT2D eigenvalue weighted by Gasteiger charge is -2.39. The van der Waals surface area contributed by atoms with Gasteiger partial charge in [0.25, 0.3) is 17.7 Å². The molecule has 15 unspecified atom stereocenters. The topological polar surface area (TPSA) is 195 Å². The van der Waals surface area contributed by atoms with Gasteiger partial charge in [0, 0.05) is 46.9 Å². The van der Waals surface area contributed by atoms with E-state index in [-0.39, 0.29) is 130 Å². The summed E-state index contributed by atoms with van der Waals surface area (Å²) in [6, 6.07) is 42.4. The Bertz CT molecular complexity index is 4000. The van der Waals surface area contributed by atoms with Crippen molar-refractivity contribution < 1.29 is 52.3 Å². The lowest BCUT2D eigenvalue weighted by molar-refractivity contribution is -0.0632. The second-order valence-electron chi connectivity index (χ2n) is 46.3. The van der Waals surface area contributed by atoms with Gasteiger partial charge in [0.15, 0.2) is 0 Å². The number of amides is 3. The van der Waals surface area contributed by atoms with Crippen molar-refractivity contribution in [1.29, 1.82) is 0 Å². The molecule has 4 aromatic rings. The van der Waals surface area contributed by atoms with Crippen molar-refractivity contribution in [3.05, 3.63) is 144 Å². The van der Waals surface area contributed by atoms with Gasteiger partial charge in [-0.2, -0.15) is 0 Å². The van der Waals surface area contributed by atoms with E-state index < -0.39 is 0 Å². The molecule has 19 nitrogen and oxygen atoms in total. The third-order valence-corrected chi connectivity index (χ3v) is 35.7. The van der Waals surface area contributed by atoms with Crippen molar-refractivity contribution >= 4 is 17.7 Å². The average Bonchev–Trinajstić information content (AvgIpc) is 1.59. The van der Waals surface area contributed by atoms with Crippen LogP contribution in [0.2, 0.25) is 0 Å². The van der Waals surface area contributed by atoms with E-state index in [9.17, 15) is 14.4 Å². The average molecular weight is 2080 g/mol. The third kappa shape index (κ3) is 34.4. The Kier molecular flexibility index (Phi) is 59.3. The summed E-state index contributed by atoms with van der Waals surface area (Å²) in [7, 11) is 0. The molecule has 19 heteroatoms. The van der Waals surface area contributed by atoms with E-state index in [4.69, 9.17) is 37.9 Å². The van der Waals surface area contributed by atoms with Gasteiger partial charge in [-0.05, 0) is 248 Å². The van der Waals surface area contributed by atoms with Crippen molar-refractivity contribution in [2.75, 3.05) is 0 Å².